The summed E-state index contributed by atoms with van der Waals surface area (Å²) in [6.07, 6.45) is -0.0763. The number of nitrogens with one attached hydrogen (secondary N) is 1. The van der Waals surface area contributed by atoms with Gasteiger partial charge in [0, 0.05) is 58.3 Å². The first-order valence-corrected chi connectivity index (χ1v) is 12.5. The number of hydrogen-bond acceptors (Lipinski definition) is 9. The van der Waals surface area contributed by atoms with E-state index in [1.807, 2.05) is 0 Å². The maximum atomic E-state index is 15.1. The molecule has 37 heavy (non-hydrogen) atoms. The molecule has 3 saturated heterocycles. The van der Waals surface area contributed by atoms with Crippen LogP contribution >= 0.6 is 0 Å². The summed E-state index contributed by atoms with van der Waals surface area (Å²) in [6, 6.07) is 2.29. The summed E-state index contributed by atoms with van der Waals surface area (Å²) in [5, 5.41) is 15.6. The molecule has 3 aliphatic rings. The van der Waals surface area contributed by atoms with Crippen molar-refractivity contribution in [1.82, 2.24) is 30.4 Å². The maximum absolute atomic E-state index is 15.1. The van der Waals surface area contributed by atoms with Gasteiger partial charge in [0.05, 0.1) is 24.8 Å². The van der Waals surface area contributed by atoms with E-state index in [0.717, 1.165) is 38.3 Å². The van der Waals surface area contributed by atoms with Gasteiger partial charge < -0.3 is 24.8 Å². The van der Waals surface area contributed by atoms with Crippen LogP contribution in [0.2, 0.25) is 0 Å². The second-order valence-electron chi connectivity index (χ2n) is 9.73. The average molecular weight is 520 g/mol. The van der Waals surface area contributed by atoms with Crippen LogP contribution in [0, 0.1) is 11.6 Å². The number of cyclic esters (lactones) is 1. The molecule has 1 aromatic carbocycles. The Kier molecular flexibility index (Phi) is 7.09. The number of halogens is 2. The van der Waals surface area contributed by atoms with Gasteiger partial charge in [0.15, 0.2) is 11.6 Å². The third kappa shape index (κ3) is 5.43. The van der Waals surface area contributed by atoms with Gasteiger partial charge in [0.1, 0.15) is 11.8 Å². The fourth-order valence-corrected chi connectivity index (χ4v) is 4.93. The molecule has 200 valence electrons. The lowest BCUT2D eigenvalue weighted by Gasteiger charge is -2.33. The number of anilines is 3. The third-order valence-corrected chi connectivity index (χ3v) is 7.08. The largest absolute Gasteiger partial charge is 0.442 e. The highest BCUT2D eigenvalue weighted by Crippen LogP contribution is 2.34. The van der Waals surface area contributed by atoms with Crippen LogP contribution in [0.5, 0.6) is 0 Å². The van der Waals surface area contributed by atoms with Crippen LogP contribution in [0.15, 0.2) is 12.1 Å². The first-order chi connectivity index (χ1) is 17.8. The Hall–Kier alpha value is -3.55. The Morgan fingerprint density at radius 1 is 1.08 bits per heavy atom. The van der Waals surface area contributed by atoms with E-state index >= 15 is 8.78 Å². The Labute approximate surface area is 213 Å². The van der Waals surface area contributed by atoms with E-state index in [0.29, 0.717) is 31.9 Å². The van der Waals surface area contributed by atoms with E-state index in [1.165, 1.54) is 11.8 Å². The van der Waals surface area contributed by atoms with Crippen molar-refractivity contribution in [2.75, 3.05) is 74.1 Å². The van der Waals surface area contributed by atoms with Crippen molar-refractivity contribution in [3.63, 3.8) is 0 Å². The van der Waals surface area contributed by atoms with Gasteiger partial charge in [-0.2, -0.15) is 4.80 Å². The molecule has 1 N–H and O–H groups in total. The Balaban J connectivity index is 1.21. The van der Waals surface area contributed by atoms with E-state index in [1.54, 1.807) is 9.70 Å². The van der Waals surface area contributed by atoms with Crippen molar-refractivity contribution in [3.05, 3.63) is 23.8 Å². The second-order valence-corrected chi connectivity index (χ2v) is 9.73. The number of ether oxygens (including phenoxy) is 1. The number of hydrogen-bond donors (Lipinski definition) is 1. The standard InChI is InChI=1S/C23H31F2N9O3/c1-15(35)26-13-18-14-33(23(36)37-18)17-11-19(24)21(20(25)12-17)31-5-3-16(4-6-31)34-28-22(27-29-34)32-9-7-30(2)8-10-32/h11-12,16,18H,3-10,13-14H2,1-2H3,(H,26,35). The predicted molar refractivity (Wildman–Crippen MR) is 131 cm³/mol. The highest BCUT2D eigenvalue weighted by atomic mass is 19.1. The van der Waals surface area contributed by atoms with Crippen LogP contribution in [0.1, 0.15) is 25.8 Å². The van der Waals surface area contributed by atoms with Crippen molar-refractivity contribution >= 4 is 29.3 Å². The Morgan fingerprint density at radius 2 is 1.76 bits per heavy atom. The van der Waals surface area contributed by atoms with Crippen molar-refractivity contribution in [3.8, 4) is 0 Å². The fourth-order valence-electron chi connectivity index (χ4n) is 4.93. The summed E-state index contributed by atoms with van der Waals surface area (Å²) in [6.45, 7) is 6.01. The van der Waals surface area contributed by atoms with Crippen molar-refractivity contribution in [1.29, 1.82) is 0 Å². The second kappa shape index (κ2) is 10.4. The SMILES string of the molecule is CC(=O)NCC1CN(c2cc(F)c(N3CCC(n4nnc(N5CCN(C)CC5)n4)CC3)c(F)c2)C(=O)O1. The first-order valence-electron chi connectivity index (χ1n) is 12.5. The zero-order valence-electron chi connectivity index (χ0n) is 20.9. The smallest absolute Gasteiger partial charge is 0.414 e. The van der Waals surface area contributed by atoms with E-state index < -0.39 is 23.8 Å². The van der Waals surface area contributed by atoms with Crippen LogP contribution < -0.4 is 20.0 Å². The summed E-state index contributed by atoms with van der Waals surface area (Å²) in [4.78, 5) is 32.2. The van der Waals surface area contributed by atoms with Gasteiger partial charge in [-0.25, -0.2) is 13.6 Å². The van der Waals surface area contributed by atoms with Gasteiger partial charge in [-0.3, -0.25) is 9.69 Å². The molecule has 2 aromatic rings. The van der Waals surface area contributed by atoms with Crippen LogP contribution in [0.4, 0.5) is 30.9 Å². The van der Waals surface area contributed by atoms with Crippen LogP contribution in [-0.4, -0.2) is 103 Å². The molecule has 0 bridgehead atoms. The number of amides is 2. The van der Waals surface area contributed by atoms with E-state index in [9.17, 15) is 9.59 Å². The number of nitrogens with zero attached hydrogens (tertiary/aromatic N) is 8. The maximum Gasteiger partial charge on any atom is 0.414 e. The molecule has 0 saturated carbocycles. The highest BCUT2D eigenvalue weighted by Gasteiger charge is 2.34. The molecule has 12 nitrogen and oxygen atoms in total. The molecular weight excluding hydrogens is 488 g/mol. The molecule has 1 atom stereocenters. The summed E-state index contributed by atoms with van der Waals surface area (Å²) in [5.41, 5.74) is -0.0403. The van der Waals surface area contributed by atoms with Crippen molar-refractivity contribution in [2.45, 2.75) is 31.9 Å². The van der Waals surface area contributed by atoms with Gasteiger partial charge in [-0.05, 0) is 25.1 Å². The zero-order chi connectivity index (χ0) is 26.1. The lowest BCUT2D eigenvalue weighted by molar-refractivity contribution is -0.119. The minimum atomic E-state index is -0.747. The molecule has 0 radical (unpaired) electrons. The molecular formula is C23H31F2N9O3. The summed E-state index contributed by atoms with van der Waals surface area (Å²) in [5.74, 6) is -1.14. The Bertz CT molecular complexity index is 1120. The normalized spacial score (nSPS) is 21.5. The number of tetrazole rings is 1. The number of carbonyl (C=O) groups is 2. The molecule has 1 aromatic heterocycles. The Morgan fingerprint density at radius 3 is 2.41 bits per heavy atom. The molecule has 1 unspecified atom stereocenters. The molecule has 0 aliphatic carbocycles. The number of piperazine rings is 1. The number of carbonyl (C=O) groups excluding carboxylic acids is 2. The van der Waals surface area contributed by atoms with Gasteiger partial charge in [0.25, 0.3) is 5.95 Å². The third-order valence-electron chi connectivity index (χ3n) is 7.08. The van der Waals surface area contributed by atoms with E-state index in [-0.39, 0.29) is 36.4 Å². The quantitative estimate of drug-likeness (QED) is 0.598. The fraction of sp³-hybridized carbons (Fsp3) is 0.609. The molecule has 14 heteroatoms. The summed E-state index contributed by atoms with van der Waals surface area (Å²) < 4.78 is 35.4. The molecule has 3 aliphatic heterocycles. The van der Waals surface area contributed by atoms with Gasteiger partial charge in [-0.1, -0.05) is 5.10 Å². The average Bonchev–Trinajstić information content (AvgIpc) is 3.50. The first kappa shape index (κ1) is 25.1. The minimum absolute atomic E-state index is 0.00437. The van der Waals surface area contributed by atoms with Gasteiger partial charge in [-0.15, -0.1) is 5.10 Å². The van der Waals surface area contributed by atoms with Gasteiger partial charge >= 0.3 is 6.09 Å². The lowest BCUT2D eigenvalue weighted by atomic mass is 10.0. The molecule has 3 fully saturated rings. The van der Waals surface area contributed by atoms with Crippen LogP contribution in [0.3, 0.4) is 0 Å². The predicted octanol–water partition coefficient (Wildman–Crippen LogP) is 1.01. The van der Waals surface area contributed by atoms with Crippen molar-refractivity contribution < 1.29 is 23.1 Å². The molecule has 2 amide bonds. The summed E-state index contributed by atoms with van der Waals surface area (Å²) >= 11 is 0. The van der Waals surface area contributed by atoms with Crippen LogP contribution in [0.25, 0.3) is 0 Å². The number of benzene rings is 1. The number of likely N-dealkylation sites (N-methyl/N-ethyl adjacent to an activating group) is 1. The monoisotopic (exact) mass is 519 g/mol. The number of rotatable bonds is 6. The van der Waals surface area contributed by atoms with Crippen molar-refractivity contribution in [2.24, 2.45) is 0 Å². The lowest BCUT2D eigenvalue weighted by Crippen LogP contribution is -2.45. The van der Waals surface area contributed by atoms with Gasteiger partial charge in [0.2, 0.25) is 5.91 Å². The summed E-state index contributed by atoms with van der Waals surface area (Å²) in [7, 11) is 2.08. The minimum Gasteiger partial charge on any atom is -0.442 e. The molecule has 5 rings (SSSR count). The number of aromatic nitrogens is 4. The molecule has 4 heterocycles. The zero-order valence-corrected chi connectivity index (χ0v) is 20.9. The van der Waals surface area contributed by atoms with Crippen LogP contribution in [-0.2, 0) is 9.53 Å². The molecule has 0 spiro atoms. The number of piperidine rings is 1. The van der Waals surface area contributed by atoms with E-state index in [2.05, 4.69) is 37.6 Å². The highest BCUT2D eigenvalue weighted by molar-refractivity contribution is 5.90. The topological polar surface area (TPSA) is 112 Å². The van der Waals surface area contributed by atoms with E-state index in [4.69, 9.17) is 4.74 Å².